The standard InChI is InChI=1S/C14H20O2/c1-5-13(2,3)14(4)8-6-11-12(7-9-14)16-10-15-11/h6-9H,5,10H2,1-4H3. The Morgan fingerprint density at radius 3 is 2.12 bits per heavy atom. The monoisotopic (exact) mass is 220 g/mol. The van der Waals surface area contributed by atoms with E-state index in [4.69, 9.17) is 9.47 Å². The Labute approximate surface area is 97.6 Å². The number of hydrogen-bond acceptors (Lipinski definition) is 2. The molecule has 0 saturated carbocycles. The molecular formula is C14H20O2. The summed E-state index contributed by atoms with van der Waals surface area (Å²) >= 11 is 0. The van der Waals surface area contributed by atoms with Crippen LogP contribution in [0.2, 0.25) is 0 Å². The van der Waals surface area contributed by atoms with E-state index in [0.29, 0.717) is 6.79 Å². The third-order valence-electron chi connectivity index (χ3n) is 4.18. The first-order chi connectivity index (χ1) is 7.48. The molecule has 0 bridgehead atoms. The highest BCUT2D eigenvalue weighted by molar-refractivity contribution is 5.34. The number of ether oxygens (including phenoxy) is 2. The van der Waals surface area contributed by atoms with Crippen LogP contribution in [-0.2, 0) is 9.47 Å². The molecule has 88 valence electrons. The lowest BCUT2D eigenvalue weighted by Crippen LogP contribution is -2.31. The van der Waals surface area contributed by atoms with Gasteiger partial charge in [-0.1, -0.05) is 39.8 Å². The van der Waals surface area contributed by atoms with Gasteiger partial charge in [0.05, 0.1) is 0 Å². The van der Waals surface area contributed by atoms with Crippen LogP contribution in [0.4, 0.5) is 0 Å². The fraction of sp³-hybridized carbons (Fsp3) is 0.571. The molecule has 2 heteroatoms. The zero-order valence-electron chi connectivity index (χ0n) is 10.5. The highest BCUT2D eigenvalue weighted by atomic mass is 16.7. The molecule has 16 heavy (non-hydrogen) atoms. The van der Waals surface area contributed by atoms with Gasteiger partial charge in [-0.05, 0) is 24.0 Å². The summed E-state index contributed by atoms with van der Waals surface area (Å²) in [5.41, 5.74) is 0.262. The zero-order chi connectivity index (χ0) is 11.8. The Balaban J connectivity index is 2.33. The fourth-order valence-corrected chi connectivity index (χ4v) is 1.94. The molecule has 0 radical (unpaired) electrons. The van der Waals surface area contributed by atoms with Gasteiger partial charge in [0.15, 0.2) is 11.5 Å². The lowest BCUT2D eigenvalue weighted by molar-refractivity contribution is 0.0768. The quantitative estimate of drug-likeness (QED) is 0.705. The zero-order valence-corrected chi connectivity index (χ0v) is 10.5. The van der Waals surface area contributed by atoms with Crippen molar-refractivity contribution in [2.24, 2.45) is 10.8 Å². The summed E-state index contributed by atoms with van der Waals surface area (Å²) in [6, 6.07) is 0. The van der Waals surface area contributed by atoms with E-state index in [0.717, 1.165) is 17.9 Å². The van der Waals surface area contributed by atoms with E-state index in [9.17, 15) is 0 Å². The van der Waals surface area contributed by atoms with Gasteiger partial charge in [0, 0.05) is 5.41 Å². The van der Waals surface area contributed by atoms with Crippen molar-refractivity contribution in [1.29, 1.82) is 0 Å². The molecule has 1 aliphatic carbocycles. The van der Waals surface area contributed by atoms with E-state index in [2.05, 4.69) is 39.8 Å². The van der Waals surface area contributed by atoms with Crippen molar-refractivity contribution in [3.05, 3.63) is 35.8 Å². The molecule has 0 fully saturated rings. The van der Waals surface area contributed by atoms with Gasteiger partial charge in [0.1, 0.15) is 0 Å². The van der Waals surface area contributed by atoms with Crippen molar-refractivity contribution in [2.45, 2.75) is 34.1 Å². The van der Waals surface area contributed by atoms with Crippen molar-refractivity contribution < 1.29 is 9.47 Å². The average Bonchev–Trinajstić information content (AvgIpc) is 2.64. The van der Waals surface area contributed by atoms with Crippen LogP contribution in [-0.4, -0.2) is 6.79 Å². The maximum atomic E-state index is 5.40. The van der Waals surface area contributed by atoms with Gasteiger partial charge < -0.3 is 9.47 Å². The van der Waals surface area contributed by atoms with Crippen LogP contribution in [0.5, 0.6) is 0 Å². The molecule has 2 nitrogen and oxygen atoms in total. The summed E-state index contributed by atoms with van der Waals surface area (Å²) in [6.07, 6.45) is 9.66. The fourth-order valence-electron chi connectivity index (χ4n) is 1.94. The molecule has 0 aromatic rings. The third kappa shape index (κ3) is 1.66. The molecule has 1 heterocycles. The molecule has 2 aliphatic rings. The average molecular weight is 220 g/mol. The Bertz CT molecular complexity index is 348. The lowest BCUT2D eigenvalue weighted by atomic mass is 9.65. The Kier molecular flexibility index (Phi) is 2.61. The second kappa shape index (κ2) is 3.69. The van der Waals surface area contributed by atoms with Gasteiger partial charge in [0.2, 0.25) is 6.79 Å². The summed E-state index contributed by atoms with van der Waals surface area (Å²) in [5.74, 6) is 1.71. The van der Waals surface area contributed by atoms with Crippen LogP contribution < -0.4 is 0 Å². The molecule has 0 saturated heterocycles. The lowest BCUT2D eigenvalue weighted by Gasteiger charge is -2.39. The summed E-state index contributed by atoms with van der Waals surface area (Å²) in [6.45, 7) is 9.41. The number of rotatable bonds is 2. The van der Waals surface area contributed by atoms with E-state index in [-0.39, 0.29) is 10.8 Å². The Morgan fingerprint density at radius 2 is 1.69 bits per heavy atom. The SMILES string of the molecule is CCC(C)(C)C1(C)C=CC2=C(C=C1)OCO2. The van der Waals surface area contributed by atoms with Crippen molar-refractivity contribution >= 4 is 0 Å². The topological polar surface area (TPSA) is 18.5 Å². The van der Waals surface area contributed by atoms with Crippen LogP contribution in [0.3, 0.4) is 0 Å². The second-order valence-corrected chi connectivity index (χ2v) is 5.32. The minimum atomic E-state index is 0.0405. The number of hydrogen-bond donors (Lipinski definition) is 0. The van der Waals surface area contributed by atoms with Gasteiger partial charge >= 0.3 is 0 Å². The molecule has 1 aliphatic heterocycles. The molecule has 0 aromatic carbocycles. The third-order valence-corrected chi connectivity index (χ3v) is 4.18. The maximum Gasteiger partial charge on any atom is 0.231 e. The second-order valence-electron chi connectivity index (χ2n) is 5.32. The molecule has 0 amide bonds. The minimum absolute atomic E-state index is 0.0405. The van der Waals surface area contributed by atoms with Crippen molar-refractivity contribution in [1.82, 2.24) is 0 Å². The van der Waals surface area contributed by atoms with Crippen LogP contribution in [0.15, 0.2) is 35.8 Å². The first-order valence-electron chi connectivity index (χ1n) is 5.87. The van der Waals surface area contributed by atoms with Crippen LogP contribution in [0, 0.1) is 10.8 Å². The highest BCUT2D eigenvalue weighted by Gasteiger charge is 2.36. The van der Waals surface area contributed by atoms with E-state index in [1.54, 1.807) is 0 Å². The van der Waals surface area contributed by atoms with Gasteiger partial charge in [0.25, 0.3) is 0 Å². The Morgan fingerprint density at radius 1 is 1.19 bits per heavy atom. The summed E-state index contributed by atoms with van der Waals surface area (Å²) in [4.78, 5) is 0. The smallest absolute Gasteiger partial charge is 0.231 e. The Hall–Kier alpha value is -1.18. The molecule has 0 spiro atoms. The van der Waals surface area contributed by atoms with E-state index >= 15 is 0 Å². The normalized spacial score (nSPS) is 22.5. The largest absolute Gasteiger partial charge is 0.454 e. The van der Waals surface area contributed by atoms with Gasteiger partial charge in [-0.15, -0.1) is 0 Å². The molecule has 0 aromatic heterocycles. The van der Waals surface area contributed by atoms with Crippen LogP contribution in [0.25, 0.3) is 0 Å². The molecule has 2 rings (SSSR count). The number of allylic oxidation sites excluding steroid dienone is 4. The highest BCUT2D eigenvalue weighted by Crippen LogP contribution is 2.45. The van der Waals surface area contributed by atoms with E-state index < -0.39 is 0 Å². The maximum absolute atomic E-state index is 5.40. The first kappa shape index (κ1) is 11.3. The molecular weight excluding hydrogens is 200 g/mol. The molecule has 0 unspecified atom stereocenters. The minimum Gasteiger partial charge on any atom is -0.454 e. The van der Waals surface area contributed by atoms with Crippen molar-refractivity contribution in [3.8, 4) is 0 Å². The molecule has 0 atom stereocenters. The summed E-state index contributed by atoms with van der Waals surface area (Å²) in [7, 11) is 0. The van der Waals surface area contributed by atoms with Crippen molar-refractivity contribution in [2.75, 3.05) is 6.79 Å². The predicted molar refractivity (Wildman–Crippen MR) is 64.5 cm³/mol. The summed E-state index contributed by atoms with van der Waals surface area (Å²) in [5, 5.41) is 0. The van der Waals surface area contributed by atoms with Crippen LogP contribution >= 0.6 is 0 Å². The molecule has 0 N–H and O–H groups in total. The van der Waals surface area contributed by atoms with E-state index in [1.807, 2.05) is 12.2 Å². The van der Waals surface area contributed by atoms with Gasteiger partial charge in [-0.25, -0.2) is 0 Å². The predicted octanol–water partition coefficient (Wildman–Crippen LogP) is 3.77. The van der Waals surface area contributed by atoms with Gasteiger partial charge in [-0.2, -0.15) is 0 Å². The summed E-state index contributed by atoms with van der Waals surface area (Å²) < 4.78 is 10.8. The van der Waals surface area contributed by atoms with Crippen molar-refractivity contribution in [3.63, 3.8) is 0 Å². The van der Waals surface area contributed by atoms with E-state index in [1.165, 1.54) is 0 Å². The van der Waals surface area contributed by atoms with Crippen LogP contribution in [0.1, 0.15) is 34.1 Å². The van der Waals surface area contributed by atoms with Gasteiger partial charge in [-0.3, -0.25) is 0 Å². The first-order valence-corrected chi connectivity index (χ1v) is 5.87.